The highest BCUT2D eigenvalue weighted by Crippen LogP contribution is 2.81. The predicted molar refractivity (Wildman–Crippen MR) is 147 cm³/mol. The Bertz CT molecular complexity index is 1380. The van der Waals surface area contributed by atoms with Crippen molar-refractivity contribution in [3.63, 3.8) is 0 Å². The largest absolute Gasteiger partial charge is 0.351 e. The minimum Gasteiger partial charge on any atom is -0.351 e. The minimum absolute atomic E-state index is 0.0140. The normalized spacial score (nSPS) is 32.8. The zero-order chi connectivity index (χ0) is 25.4. The van der Waals surface area contributed by atoms with Crippen LogP contribution in [0.2, 0.25) is 0 Å². The second-order valence-electron chi connectivity index (χ2n) is 10.9. The molecule has 188 valence electrons. The van der Waals surface area contributed by atoms with Gasteiger partial charge in [-0.2, -0.15) is 0 Å². The van der Waals surface area contributed by atoms with Gasteiger partial charge in [0.25, 0.3) is 0 Å². The topological polar surface area (TPSA) is 55.8 Å². The fourth-order valence-corrected chi connectivity index (χ4v) is 8.96. The molecule has 4 aliphatic carbocycles. The summed E-state index contributed by atoms with van der Waals surface area (Å²) in [4.78, 5) is 30.2. The number of hydrogen-bond donors (Lipinski definition) is 0. The van der Waals surface area contributed by atoms with E-state index < -0.39 is 16.4 Å². The molecule has 0 radical (unpaired) electrons. The van der Waals surface area contributed by atoms with E-state index in [2.05, 4.69) is 46.9 Å². The van der Waals surface area contributed by atoms with Gasteiger partial charge in [0.15, 0.2) is 0 Å². The molecule has 2 amide bonds. The first-order chi connectivity index (χ1) is 18.0. The number of likely N-dealkylation sites (tertiary alicyclic amines) is 1. The maximum atomic E-state index is 14.5. The van der Waals surface area contributed by atoms with E-state index in [0.29, 0.717) is 19.4 Å². The van der Waals surface area contributed by atoms with E-state index in [4.69, 9.17) is 9.47 Å². The van der Waals surface area contributed by atoms with Crippen LogP contribution in [0.4, 0.5) is 0 Å². The number of nitrogens with zero attached hydrogens (tertiary/aromatic N) is 1. The molecule has 3 atom stereocenters. The van der Waals surface area contributed by atoms with Crippen LogP contribution in [0.1, 0.15) is 46.6 Å². The van der Waals surface area contributed by atoms with Crippen LogP contribution in [0.3, 0.4) is 0 Å². The summed E-state index contributed by atoms with van der Waals surface area (Å²) < 4.78 is 14.0. The molecule has 8 rings (SSSR count). The Kier molecular flexibility index (Phi) is 5.24. The molecule has 0 unspecified atom stereocenters. The number of alkyl halides is 1. The van der Waals surface area contributed by atoms with E-state index in [0.717, 1.165) is 32.2 Å². The zero-order valence-corrected chi connectivity index (χ0v) is 22.8. The van der Waals surface area contributed by atoms with Gasteiger partial charge in [-0.3, -0.25) is 14.5 Å². The Labute approximate surface area is 230 Å². The predicted octanol–water partition coefficient (Wildman–Crippen LogP) is 5.40. The fraction of sp³-hybridized carbons (Fsp3) is 0.355. The molecule has 0 N–H and O–H groups in total. The Morgan fingerprint density at radius 2 is 1.49 bits per heavy atom. The van der Waals surface area contributed by atoms with Crippen molar-refractivity contribution in [3.05, 3.63) is 107 Å². The van der Waals surface area contributed by atoms with E-state index in [1.54, 1.807) is 7.05 Å². The molecule has 5 aliphatic rings. The van der Waals surface area contributed by atoms with Gasteiger partial charge >= 0.3 is 0 Å². The molecular formula is C31H28INO4. The zero-order valence-electron chi connectivity index (χ0n) is 20.7. The van der Waals surface area contributed by atoms with Crippen LogP contribution in [-0.4, -0.2) is 35.0 Å². The van der Waals surface area contributed by atoms with Crippen molar-refractivity contribution >= 4 is 34.4 Å². The van der Waals surface area contributed by atoms with Crippen molar-refractivity contribution in [2.24, 2.45) is 16.7 Å². The highest BCUT2D eigenvalue weighted by molar-refractivity contribution is 14.1. The number of amides is 2. The Morgan fingerprint density at radius 1 is 0.865 bits per heavy atom. The van der Waals surface area contributed by atoms with Gasteiger partial charge in [0.1, 0.15) is 17.8 Å². The monoisotopic (exact) mass is 605 g/mol. The third-order valence-electron chi connectivity index (χ3n) is 9.41. The van der Waals surface area contributed by atoms with Crippen LogP contribution in [0.25, 0.3) is 0 Å². The molecule has 6 heteroatoms. The Morgan fingerprint density at radius 3 is 2.14 bits per heavy atom. The van der Waals surface area contributed by atoms with Gasteiger partial charge in [0, 0.05) is 17.4 Å². The molecule has 2 fully saturated rings. The number of halogens is 1. The minimum atomic E-state index is -1.11. The summed E-state index contributed by atoms with van der Waals surface area (Å²) in [5.74, 6) is -0.0922. The van der Waals surface area contributed by atoms with Crippen molar-refractivity contribution < 1.29 is 19.1 Å². The quantitative estimate of drug-likeness (QED) is 0.124. The summed E-state index contributed by atoms with van der Waals surface area (Å²) >= 11 is 2.41. The van der Waals surface area contributed by atoms with E-state index >= 15 is 0 Å². The summed E-state index contributed by atoms with van der Waals surface area (Å²) in [5, 5.41) is 0. The van der Waals surface area contributed by atoms with Crippen LogP contribution in [0.15, 0.2) is 78.9 Å². The van der Waals surface area contributed by atoms with Gasteiger partial charge in [0.05, 0.1) is 12.0 Å². The summed E-state index contributed by atoms with van der Waals surface area (Å²) in [6.07, 6.45) is 1.32. The molecule has 1 saturated carbocycles. The first-order valence-electron chi connectivity index (χ1n) is 12.9. The third kappa shape index (κ3) is 2.66. The smallest absolute Gasteiger partial charge is 0.239 e. The lowest BCUT2D eigenvalue weighted by molar-refractivity contribution is -0.217. The van der Waals surface area contributed by atoms with Crippen LogP contribution in [-0.2, 0) is 31.3 Å². The molecular weight excluding hydrogens is 577 g/mol. The van der Waals surface area contributed by atoms with Crippen LogP contribution >= 0.6 is 22.6 Å². The number of hydrogen-bond acceptors (Lipinski definition) is 4. The van der Waals surface area contributed by atoms with E-state index in [-0.39, 0.29) is 30.4 Å². The molecule has 2 bridgehead atoms. The van der Waals surface area contributed by atoms with E-state index in [1.807, 2.05) is 54.6 Å². The number of ether oxygens (including phenoxy) is 2. The summed E-state index contributed by atoms with van der Waals surface area (Å²) in [6, 6.07) is 26.6. The van der Waals surface area contributed by atoms with Crippen molar-refractivity contribution in [3.8, 4) is 0 Å². The van der Waals surface area contributed by atoms with Gasteiger partial charge in [-0.1, -0.05) is 101 Å². The number of benzene rings is 3. The third-order valence-corrected chi connectivity index (χ3v) is 10.7. The first-order valence-corrected chi connectivity index (χ1v) is 14.4. The van der Waals surface area contributed by atoms with Gasteiger partial charge in [-0.15, -0.1) is 0 Å². The van der Waals surface area contributed by atoms with Crippen LogP contribution in [0, 0.1) is 16.7 Å². The average molecular weight is 605 g/mol. The molecule has 0 spiro atoms. The van der Waals surface area contributed by atoms with Crippen molar-refractivity contribution in [1.29, 1.82) is 0 Å². The lowest BCUT2D eigenvalue weighted by atomic mass is 9.40. The second-order valence-corrected chi connectivity index (χ2v) is 11.7. The Hall–Kier alpha value is -2.55. The molecule has 1 aliphatic heterocycles. The molecule has 1 heterocycles. The van der Waals surface area contributed by atoms with Gasteiger partial charge < -0.3 is 9.47 Å². The van der Waals surface area contributed by atoms with E-state index in [1.165, 1.54) is 4.90 Å². The molecule has 5 nitrogen and oxygen atoms in total. The van der Waals surface area contributed by atoms with Crippen molar-refractivity contribution in [2.75, 3.05) is 18.3 Å². The number of rotatable bonds is 6. The number of carbonyl (C=O) groups excluding carboxylic acids is 2. The molecule has 3 aromatic rings. The first kappa shape index (κ1) is 23.6. The lowest BCUT2D eigenvalue weighted by Gasteiger charge is -2.62. The molecule has 1 saturated heterocycles. The standard InChI is InChI=1S/C31H28INO4/c1-33-27(34)29-15-21(17-32)16-30(29,28(33)35)31(37-19-36-18-20-9-3-2-4-10-20)24-13-7-5-11-22(24)26(29)23-12-6-8-14-25(23)31/h2-14,21,26H,15-19H2,1H3/t21-,26?,29-,30+,31?/m1/s1. The molecule has 0 aromatic heterocycles. The van der Waals surface area contributed by atoms with Crippen molar-refractivity contribution in [1.82, 2.24) is 4.90 Å². The summed E-state index contributed by atoms with van der Waals surface area (Å²) in [6.45, 7) is 0.421. The lowest BCUT2D eigenvalue weighted by Crippen LogP contribution is -2.66. The number of imide groups is 1. The summed E-state index contributed by atoms with van der Waals surface area (Å²) in [5.41, 5.74) is 2.29. The second kappa shape index (κ2) is 8.22. The van der Waals surface area contributed by atoms with Crippen molar-refractivity contribution in [2.45, 2.75) is 31.0 Å². The van der Waals surface area contributed by atoms with Crippen LogP contribution in [0.5, 0.6) is 0 Å². The van der Waals surface area contributed by atoms with Crippen LogP contribution < -0.4 is 0 Å². The average Bonchev–Trinajstić information content (AvgIpc) is 3.39. The highest BCUT2D eigenvalue weighted by atomic mass is 127. The Balaban J connectivity index is 1.46. The van der Waals surface area contributed by atoms with E-state index in [9.17, 15) is 9.59 Å². The fourth-order valence-electron chi connectivity index (χ4n) is 8.33. The maximum Gasteiger partial charge on any atom is 0.239 e. The highest BCUT2D eigenvalue weighted by Gasteiger charge is 2.86. The SMILES string of the molecule is CN1C(=O)[C@]23C[C@@H](CI)C[C@@]2(C1=O)C1(OCOCc2ccccc2)c2ccccc2C3c2ccccc21. The van der Waals surface area contributed by atoms with Gasteiger partial charge in [0.2, 0.25) is 11.8 Å². The number of carbonyl (C=O) groups is 2. The molecule has 37 heavy (non-hydrogen) atoms. The molecule has 3 aromatic carbocycles. The van der Waals surface area contributed by atoms with Gasteiger partial charge in [-0.05, 0) is 46.6 Å². The maximum absolute atomic E-state index is 14.5. The van der Waals surface area contributed by atoms with Gasteiger partial charge in [-0.25, -0.2) is 0 Å². The summed E-state index contributed by atoms with van der Waals surface area (Å²) in [7, 11) is 1.66.